The molecule has 0 spiro atoms. The highest BCUT2D eigenvalue weighted by Crippen LogP contribution is 2.34. The molecule has 0 heterocycles. The third kappa shape index (κ3) is 8.54. The Morgan fingerprint density at radius 1 is 0.848 bits per heavy atom. The number of aryl methyl sites for hydroxylation is 2. The fourth-order valence-corrected chi connectivity index (χ4v) is 6.64. The van der Waals surface area contributed by atoms with Gasteiger partial charge in [-0.25, -0.2) is 8.42 Å². The van der Waals surface area contributed by atoms with Crippen LogP contribution in [0, 0.1) is 13.8 Å². The number of hydrogen-bond acceptors (Lipinski definition) is 5. The minimum absolute atomic E-state index is 0.0307. The van der Waals surface area contributed by atoms with Gasteiger partial charge in [0.15, 0.2) is 0 Å². The van der Waals surface area contributed by atoms with E-state index in [4.69, 9.17) is 4.74 Å². The van der Waals surface area contributed by atoms with Gasteiger partial charge in [0.1, 0.15) is 18.3 Å². The van der Waals surface area contributed by atoms with Crippen molar-refractivity contribution in [1.82, 2.24) is 10.2 Å². The van der Waals surface area contributed by atoms with Gasteiger partial charge in [0, 0.05) is 18.5 Å². The zero-order valence-electron chi connectivity index (χ0n) is 27.4. The molecule has 1 N–H and O–H groups in total. The standard InChI is InChI=1S/C37H43N3O5S/c1-27-21-22-34(45-6)32(23-27)40(46(43,44)31-19-11-8-12-20-31)26-35(41)39(25-30-18-14-13-15-28(30)2)33(36(42)38-37(3,4)5)24-29-16-9-7-10-17-29/h7-23,33H,24-26H2,1-6H3,(H,38,42)/t33-/m0/s1. The smallest absolute Gasteiger partial charge is 0.264 e. The Morgan fingerprint density at radius 2 is 1.46 bits per heavy atom. The third-order valence-electron chi connectivity index (χ3n) is 7.58. The summed E-state index contributed by atoms with van der Waals surface area (Å²) in [5, 5.41) is 3.06. The summed E-state index contributed by atoms with van der Waals surface area (Å²) in [6.07, 6.45) is 0.236. The van der Waals surface area contributed by atoms with Gasteiger partial charge in [-0.2, -0.15) is 0 Å². The van der Waals surface area contributed by atoms with Gasteiger partial charge in [0.05, 0.1) is 17.7 Å². The lowest BCUT2D eigenvalue weighted by Crippen LogP contribution is -2.56. The van der Waals surface area contributed by atoms with Crippen LogP contribution in [0.1, 0.15) is 43.0 Å². The van der Waals surface area contributed by atoms with Crippen molar-refractivity contribution in [2.45, 2.75) is 64.1 Å². The van der Waals surface area contributed by atoms with E-state index >= 15 is 0 Å². The van der Waals surface area contributed by atoms with Gasteiger partial charge in [-0.05, 0) is 81.1 Å². The van der Waals surface area contributed by atoms with E-state index in [0.29, 0.717) is 5.75 Å². The summed E-state index contributed by atoms with van der Waals surface area (Å²) in [5.74, 6) is -0.560. The molecule has 9 heteroatoms. The van der Waals surface area contributed by atoms with Gasteiger partial charge in [-0.1, -0.05) is 78.9 Å². The summed E-state index contributed by atoms with van der Waals surface area (Å²) in [6, 6.07) is 29.4. The van der Waals surface area contributed by atoms with Crippen LogP contribution >= 0.6 is 0 Å². The summed E-state index contributed by atoms with van der Waals surface area (Å²) >= 11 is 0. The number of amides is 2. The molecule has 4 aromatic carbocycles. The van der Waals surface area contributed by atoms with Crippen LogP contribution < -0.4 is 14.4 Å². The van der Waals surface area contributed by atoms with Crippen molar-refractivity contribution in [3.8, 4) is 5.75 Å². The maximum absolute atomic E-state index is 14.7. The molecule has 0 unspecified atom stereocenters. The predicted molar refractivity (Wildman–Crippen MR) is 182 cm³/mol. The van der Waals surface area contributed by atoms with Crippen LogP contribution in [0.5, 0.6) is 5.75 Å². The largest absolute Gasteiger partial charge is 0.495 e. The molecule has 0 bridgehead atoms. The van der Waals surface area contributed by atoms with E-state index in [-0.39, 0.29) is 29.5 Å². The summed E-state index contributed by atoms with van der Waals surface area (Å²) in [6.45, 7) is 8.99. The predicted octanol–water partition coefficient (Wildman–Crippen LogP) is 6.06. The first-order valence-corrected chi connectivity index (χ1v) is 16.7. The van der Waals surface area contributed by atoms with Crippen molar-refractivity contribution in [3.05, 3.63) is 125 Å². The highest BCUT2D eigenvalue weighted by molar-refractivity contribution is 7.92. The van der Waals surface area contributed by atoms with Crippen LogP contribution in [0.4, 0.5) is 5.69 Å². The van der Waals surface area contributed by atoms with E-state index in [1.807, 2.05) is 95.3 Å². The van der Waals surface area contributed by atoms with Crippen LogP contribution in [-0.2, 0) is 32.6 Å². The Kier molecular flexibility index (Phi) is 10.9. The minimum Gasteiger partial charge on any atom is -0.495 e. The van der Waals surface area contributed by atoms with Crippen molar-refractivity contribution in [1.29, 1.82) is 0 Å². The second kappa shape index (κ2) is 14.6. The van der Waals surface area contributed by atoms with Crippen LogP contribution in [0.15, 0.2) is 108 Å². The van der Waals surface area contributed by atoms with E-state index in [1.54, 1.807) is 30.3 Å². The molecule has 0 fully saturated rings. The molecule has 0 aliphatic rings. The Balaban J connectivity index is 1.87. The monoisotopic (exact) mass is 641 g/mol. The first-order chi connectivity index (χ1) is 21.8. The molecule has 8 nitrogen and oxygen atoms in total. The molecule has 1 atom stereocenters. The maximum atomic E-state index is 14.7. The van der Waals surface area contributed by atoms with Crippen LogP contribution in [-0.4, -0.2) is 50.4 Å². The average molecular weight is 642 g/mol. The van der Waals surface area contributed by atoms with Crippen molar-refractivity contribution in [3.63, 3.8) is 0 Å². The molecule has 0 radical (unpaired) electrons. The fourth-order valence-electron chi connectivity index (χ4n) is 5.21. The Morgan fingerprint density at radius 3 is 2.07 bits per heavy atom. The summed E-state index contributed by atoms with van der Waals surface area (Å²) in [7, 11) is -2.78. The SMILES string of the molecule is COc1ccc(C)cc1N(CC(=O)N(Cc1ccccc1C)[C@@H](Cc1ccccc1)C(=O)NC(C)(C)C)S(=O)(=O)c1ccccc1. The summed E-state index contributed by atoms with van der Waals surface area (Å²) in [4.78, 5) is 30.3. The van der Waals surface area contributed by atoms with Gasteiger partial charge < -0.3 is 15.0 Å². The Labute approximate surface area is 273 Å². The van der Waals surface area contributed by atoms with Gasteiger partial charge in [-0.15, -0.1) is 0 Å². The molecule has 0 aliphatic heterocycles. The molecule has 2 amide bonds. The highest BCUT2D eigenvalue weighted by Gasteiger charge is 2.36. The third-order valence-corrected chi connectivity index (χ3v) is 9.36. The van der Waals surface area contributed by atoms with Gasteiger partial charge in [0.2, 0.25) is 11.8 Å². The average Bonchev–Trinajstić information content (AvgIpc) is 3.02. The number of carbonyl (C=O) groups is 2. The number of sulfonamides is 1. The normalized spacial score (nSPS) is 12.2. The number of methoxy groups -OCH3 is 1. The lowest BCUT2D eigenvalue weighted by Gasteiger charge is -2.35. The van der Waals surface area contributed by atoms with Crippen molar-refractivity contribution in [2.24, 2.45) is 0 Å². The lowest BCUT2D eigenvalue weighted by atomic mass is 10.00. The zero-order valence-corrected chi connectivity index (χ0v) is 28.2. The number of nitrogens with zero attached hydrogens (tertiary/aromatic N) is 2. The molecule has 0 aliphatic carbocycles. The number of nitrogens with one attached hydrogen (secondary N) is 1. The Hall–Kier alpha value is -4.63. The highest BCUT2D eigenvalue weighted by atomic mass is 32.2. The molecule has 4 rings (SSSR count). The molecule has 46 heavy (non-hydrogen) atoms. The number of carbonyl (C=O) groups excluding carboxylic acids is 2. The van der Waals surface area contributed by atoms with Crippen molar-refractivity contribution < 1.29 is 22.7 Å². The van der Waals surface area contributed by atoms with E-state index in [9.17, 15) is 18.0 Å². The second-order valence-corrected chi connectivity index (χ2v) is 14.3. The summed E-state index contributed by atoms with van der Waals surface area (Å²) < 4.78 is 35.2. The van der Waals surface area contributed by atoms with Crippen LogP contribution in [0.2, 0.25) is 0 Å². The maximum Gasteiger partial charge on any atom is 0.264 e. The Bertz CT molecular complexity index is 1750. The van der Waals surface area contributed by atoms with Gasteiger partial charge in [0.25, 0.3) is 10.0 Å². The van der Waals surface area contributed by atoms with E-state index in [1.165, 1.54) is 24.1 Å². The number of hydrogen-bond donors (Lipinski definition) is 1. The molecular weight excluding hydrogens is 598 g/mol. The molecular formula is C37H43N3O5S. The van der Waals surface area contributed by atoms with Gasteiger partial charge >= 0.3 is 0 Å². The van der Waals surface area contributed by atoms with Crippen LogP contribution in [0.25, 0.3) is 0 Å². The number of rotatable bonds is 12. The van der Waals surface area contributed by atoms with Crippen LogP contribution in [0.3, 0.4) is 0 Å². The quantitative estimate of drug-likeness (QED) is 0.203. The first-order valence-electron chi connectivity index (χ1n) is 15.2. The molecule has 0 saturated heterocycles. The van der Waals surface area contributed by atoms with Crippen molar-refractivity contribution >= 4 is 27.5 Å². The number of ether oxygens (including phenoxy) is 1. The molecule has 0 saturated carbocycles. The molecule has 0 aromatic heterocycles. The second-order valence-electron chi connectivity index (χ2n) is 12.4. The van der Waals surface area contributed by atoms with E-state index < -0.39 is 34.1 Å². The number of benzene rings is 4. The van der Waals surface area contributed by atoms with Gasteiger partial charge in [-0.3, -0.25) is 13.9 Å². The molecule has 242 valence electrons. The zero-order chi connectivity index (χ0) is 33.5. The van der Waals surface area contributed by atoms with Crippen molar-refractivity contribution in [2.75, 3.05) is 18.0 Å². The van der Waals surface area contributed by atoms with E-state index in [2.05, 4.69) is 5.32 Å². The van der Waals surface area contributed by atoms with E-state index in [0.717, 1.165) is 26.6 Å². The minimum atomic E-state index is -4.24. The fraction of sp³-hybridized carbons (Fsp3) is 0.297. The summed E-state index contributed by atoms with van der Waals surface area (Å²) in [5.41, 5.74) is 3.12. The lowest BCUT2D eigenvalue weighted by molar-refractivity contribution is -0.140. The number of anilines is 1. The topological polar surface area (TPSA) is 96.0 Å². The first kappa shape index (κ1) is 34.2. The molecule has 4 aromatic rings.